The summed E-state index contributed by atoms with van der Waals surface area (Å²) in [5.41, 5.74) is 0.861. The second kappa shape index (κ2) is 6.48. The lowest BCUT2D eigenvalue weighted by Gasteiger charge is -2.22. The Kier molecular flexibility index (Phi) is 4.88. The number of hydrogen-bond acceptors (Lipinski definition) is 3. The molecule has 1 heterocycles. The first kappa shape index (κ1) is 15.8. The number of amides is 1. The molecule has 1 aromatic carbocycles. The minimum atomic E-state index is -0.446. The van der Waals surface area contributed by atoms with Crippen molar-refractivity contribution >= 4 is 6.09 Å². The molecule has 1 saturated heterocycles. The highest BCUT2D eigenvalue weighted by Crippen LogP contribution is 2.20. The Hall–Kier alpha value is -1.55. The van der Waals surface area contributed by atoms with E-state index in [1.54, 1.807) is 0 Å². The van der Waals surface area contributed by atoms with E-state index in [0.717, 1.165) is 19.5 Å². The molecule has 1 aliphatic heterocycles. The predicted molar refractivity (Wildman–Crippen MR) is 84.1 cm³/mol. The molecule has 2 rings (SSSR count). The van der Waals surface area contributed by atoms with Gasteiger partial charge in [0.2, 0.25) is 0 Å². The molecular formula is C17H26N2O2. The summed E-state index contributed by atoms with van der Waals surface area (Å²) in [4.78, 5) is 14.2. The number of alkyl carbamates (subject to hydrolysis) is 1. The smallest absolute Gasteiger partial charge is 0.407 e. The monoisotopic (exact) mass is 290 g/mol. The van der Waals surface area contributed by atoms with E-state index in [2.05, 4.69) is 41.4 Å². The zero-order chi connectivity index (χ0) is 15.5. The van der Waals surface area contributed by atoms with E-state index in [1.165, 1.54) is 5.56 Å². The molecule has 0 aromatic heterocycles. The molecule has 1 N–H and O–H groups in total. The summed E-state index contributed by atoms with van der Waals surface area (Å²) in [5.74, 6) is 0. The normalized spacial score (nSPS) is 23.0. The first-order chi connectivity index (χ1) is 9.83. The van der Waals surface area contributed by atoms with Crippen LogP contribution in [-0.4, -0.2) is 35.2 Å². The van der Waals surface area contributed by atoms with Crippen molar-refractivity contribution in [2.24, 2.45) is 0 Å². The van der Waals surface area contributed by atoms with Gasteiger partial charge in [0.05, 0.1) is 0 Å². The molecule has 4 nitrogen and oxygen atoms in total. The van der Waals surface area contributed by atoms with Crippen LogP contribution >= 0.6 is 0 Å². The van der Waals surface area contributed by atoms with E-state index in [1.807, 2.05) is 26.8 Å². The summed E-state index contributed by atoms with van der Waals surface area (Å²) >= 11 is 0. The number of nitrogens with zero attached hydrogens (tertiary/aromatic N) is 1. The highest BCUT2D eigenvalue weighted by Gasteiger charge is 2.31. The Bertz CT molecular complexity index is 467. The van der Waals surface area contributed by atoms with E-state index < -0.39 is 5.60 Å². The van der Waals surface area contributed by atoms with Crippen LogP contribution in [0.25, 0.3) is 0 Å². The lowest BCUT2D eigenvalue weighted by atomic mass is 10.2. The zero-order valence-electron chi connectivity index (χ0n) is 13.4. The van der Waals surface area contributed by atoms with Gasteiger partial charge < -0.3 is 10.1 Å². The number of carbonyl (C=O) groups is 1. The van der Waals surface area contributed by atoms with Crippen LogP contribution in [0.15, 0.2) is 30.3 Å². The molecule has 0 unspecified atom stereocenters. The number of carbonyl (C=O) groups excluding carboxylic acids is 1. The van der Waals surface area contributed by atoms with Crippen LogP contribution in [0.4, 0.5) is 4.79 Å². The highest BCUT2D eigenvalue weighted by atomic mass is 16.6. The van der Waals surface area contributed by atoms with E-state index in [9.17, 15) is 4.79 Å². The van der Waals surface area contributed by atoms with Crippen LogP contribution in [0, 0.1) is 0 Å². The fraction of sp³-hybridized carbons (Fsp3) is 0.588. The third-order valence-electron chi connectivity index (χ3n) is 3.65. The number of benzene rings is 1. The van der Waals surface area contributed by atoms with Crippen LogP contribution in [0.2, 0.25) is 0 Å². The van der Waals surface area contributed by atoms with Crippen LogP contribution in [0.3, 0.4) is 0 Å². The second-order valence-electron chi connectivity index (χ2n) is 6.84. The average molecular weight is 290 g/mol. The Morgan fingerprint density at radius 2 is 2.00 bits per heavy atom. The molecule has 1 aromatic rings. The first-order valence-electron chi connectivity index (χ1n) is 7.61. The summed E-state index contributed by atoms with van der Waals surface area (Å²) in [6.45, 7) is 9.65. The van der Waals surface area contributed by atoms with Gasteiger partial charge in [-0.2, -0.15) is 0 Å². The quantitative estimate of drug-likeness (QED) is 0.929. The van der Waals surface area contributed by atoms with Crippen molar-refractivity contribution in [3.8, 4) is 0 Å². The van der Waals surface area contributed by atoms with Crippen LogP contribution in [0.5, 0.6) is 0 Å². The summed E-state index contributed by atoms with van der Waals surface area (Å²) in [5, 5.41) is 2.98. The largest absolute Gasteiger partial charge is 0.444 e. The van der Waals surface area contributed by atoms with Gasteiger partial charge in [0, 0.05) is 25.2 Å². The fourth-order valence-electron chi connectivity index (χ4n) is 2.72. The molecule has 1 fully saturated rings. The lowest BCUT2D eigenvalue weighted by Crippen LogP contribution is -2.40. The van der Waals surface area contributed by atoms with Gasteiger partial charge in [-0.05, 0) is 39.7 Å². The van der Waals surface area contributed by atoms with E-state index in [0.29, 0.717) is 6.04 Å². The molecule has 1 aliphatic rings. The van der Waals surface area contributed by atoms with Crippen LogP contribution in [-0.2, 0) is 11.3 Å². The Labute approximate surface area is 127 Å². The topological polar surface area (TPSA) is 41.6 Å². The molecule has 1 amide bonds. The Morgan fingerprint density at radius 3 is 2.62 bits per heavy atom. The summed E-state index contributed by atoms with van der Waals surface area (Å²) in [6, 6.07) is 11.1. The molecule has 116 valence electrons. The molecule has 0 radical (unpaired) electrons. The maximum absolute atomic E-state index is 11.8. The standard InChI is InChI=1S/C17H26N2O2/c1-13-10-15(18-16(20)21-17(2,3)4)12-19(13)11-14-8-6-5-7-9-14/h5-9,13,15H,10-12H2,1-4H3,(H,18,20)/t13-,15+/m0/s1. The number of hydrogen-bond donors (Lipinski definition) is 1. The predicted octanol–water partition coefficient (Wildman–Crippen LogP) is 3.17. The Morgan fingerprint density at radius 1 is 1.33 bits per heavy atom. The van der Waals surface area contributed by atoms with Gasteiger partial charge in [0.15, 0.2) is 0 Å². The minimum Gasteiger partial charge on any atom is -0.444 e. The lowest BCUT2D eigenvalue weighted by molar-refractivity contribution is 0.0506. The van der Waals surface area contributed by atoms with E-state index in [4.69, 9.17) is 4.74 Å². The molecule has 21 heavy (non-hydrogen) atoms. The van der Waals surface area contributed by atoms with Gasteiger partial charge in [-0.1, -0.05) is 30.3 Å². The minimum absolute atomic E-state index is 0.165. The summed E-state index contributed by atoms with van der Waals surface area (Å²) < 4.78 is 5.32. The average Bonchev–Trinajstić information content (AvgIpc) is 2.68. The van der Waals surface area contributed by atoms with Crippen molar-refractivity contribution in [1.82, 2.24) is 10.2 Å². The number of ether oxygens (including phenoxy) is 1. The van der Waals surface area contributed by atoms with Crippen molar-refractivity contribution in [2.75, 3.05) is 6.54 Å². The summed E-state index contributed by atoms with van der Waals surface area (Å²) in [6.07, 6.45) is 0.646. The van der Waals surface area contributed by atoms with Crippen molar-refractivity contribution in [3.63, 3.8) is 0 Å². The SMILES string of the molecule is C[C@H]1C[C@@H](NC(=O)OC(C)(C)C)CN1Cc1ccccc1. The van der Waals surface area contributed by atoms with Gasteiger partial charge in [-0.25, -0.2) is 4.79 Å². The van der Waals surface area contributed by atoms with Crippen molar-refractivity contribution in [2.45, 2.75) is 58.3 Å². The maximum atomic E-state index is 11.8. The zero-order valence-corrected chi connectivity index (χ0v) is 13.4. The van der Waals surface area contributed by atoms with Crippen molar-refractivity contribution in [1.29, 1.82) is 0 Å². The van der Waals surface area contributed by atoms with Crippen LogP contribution < -0.4 is 5.32 Å². The van der Waals surface area contributed by atoms with Crippen molar-refractivity contribution < 1.29 is 9.53 Å². The number of rotatable bonds is 3. The first-order valence-corrected chi connectivity index (χ1v) is 7.61. The molecule has 2 atom stereocenters. The number of likely N-dealkylation sites (tertiary alicyclic amines) is 1. The van der Waals surface area contributed by atoms with Gasteiger partial charge in [0.25, 0.3) is 0 Å². The van der Waals surface area contributed by atoms with Crippen LogP contribution in [0.1, 0.15) is 39.7 Å². The van der Waals surface area contributed by atoms with Gasteiger partial charge >= 0.3 is 6.09 Å². The van der Waals surface area contributed by atoms with Crippen molar-refractivity contribution in [3.05, 3.63) is 35.9 Å². The maximum Gasteiger partial charge on any atom is 0.407 e. The fourth-order valence-corrected chi connectivity index (χ4v) is 2.72. The van der Waals surface area contributed by atoms with Gasteiger partial charge in [-0.15, -0.1) is 0 Å². The van der Waals surface area contributed by atoms with Gasteiger partial charge in [-0.3, -0.25) is 4.90 Å². The molecule has 0 bridgehead atoms. The summed E-state index contributed by atoms with van der Waals surface area (Å²) in [7, 11) is 0. The number of nitrogens with one attached hydrogen (secondary N) is 1. The van der Waals surface area contributed by atoms with E-state index >= 15 is 0 Å². The second-order valence-corrected chi connectivity index (χ2v) is 6.84. The molecule has 0 saturated carbocycles. The highest BCUT2D eigenvalue weighted by molar-refractivity contribution is 5.68. The van der Waals surface area contributed by atoms with Gasteiger partial charge in [0.1, 0.15) is 5.60 Å². The molecule has 0 spiro atoms. The third kappa shape index (κ3) is 5.05. The molecule has 0 aliphatic carbocycles. The van der Waals surface area contributed by atoms with E-state index in [-0.39, 0.29) is 12.1 Å². The molecular weight excluding hydrogens is 264 g/mol. The molecule has 4 heteroatoms. The Balaban J connectivity index is 1.85. The third-order valence-corrected chi connectivity index (χ3v) is 3.65.